The Morgan fingerprint density at radius 1 is 1.20 bits per heavy atom. The van der Waals surface area contributed by atoms with Crippen LogP contribution in [0.2, 0.25) is 0 Å². The molecule has 0 bridgehead atoms. The van der Waals surface area contributed by atoms with Gasteiger partial charge < -0.3 is 4.90 Å². The predicted octanol–water partition coefficient (Wildman–Crippen LogP) is 2.03. The fraction of sp³-hybridized carbons (Fsp3) is 0.400. The minimum atomic E-state index is 0.195. The van der Waals surface area contributed by atoms with Gasteiger partial charge in [-0.3, -0.25) is 19.6 Å². The van der Waals surface area contributed by atoms with Crippen LogP contribution in [0.3, 0.4) is 0 Å². The van der Waals surface area contributed by atoms with Crippen LogP contribution in [0.4, 0.5) is 0 Å². The van der Waals surface area contributed by atoms with Crippen LogP contribution in [0, 0.1) is 0 Å². The lowest BCUT2D eigenvalue weighted by Gasteiger charge is -2.40. The predicted molar refractivity (Wildman–Crippen MR) is 99.0 cm³/mol. The van der Waals surface area contributed by atoms with E-state index in [1.54, 1.807) is 6.20 Å². The zero-order valence-electron chi connectivity index (χ0n) is 15.0. The Balaban J connectivity index is 1.58. The van der Waals surface area contributed by atoms with Gasteiger partial charge in [-0.15, -0.1) is 0 Å². The highest BCUT2D eigenvalue weighted by Gasteiger charge is 2.28. The Morgan fingerprint density at radius 3 is 2.72 bits per heavy atom. The maximum absolute atomic E-state index is 12.7. The number of carbonyl (C=O) groups excluding carboxylic acids is 1. The Bertz CT molecular complexity index is 677. The van der Waals surface area contributed by atoms with Gasteiger partial charge in [0.15, 0.2) is 0 Å². The number of pyridine rings is 1. The van der Waals surface area contributed by atoms with E-state index in [-0.39, 0.29) is 11.9 Å². The lowest BCUT2D eigenvalue weighted by molar-refractivity contribution is -0.135. The zero-order valence-corrected chi connectivity index (χ0v) is 15.0. The number of hydrogen-bond acceptors (Lipinski definition) is 4. The molecule has 1 saturated heterocycles. The molecule has 3 rings (SSSR count). The number of piperazine rings is 1. The average molecular weight is 338 g/mol. The molecule has 2 aromatic rings. The Hall–Kier alpha value is -2.24. The molecule has 0 saturated carbocycles. The average Bonchev–Trinajstić information content (AvgIpc) is 2.63. The zero-order chi connectivity index (χ0) is 17.6. The van der Waals surface area contributed by atoms with Crippen molar-refractivity contribution in [1.82, 2.24) is 19.7 Å². The van der Waals surface area contributed by atoms with Crippen molar-refractivity contribution in [2.75, 3.05) is 40.3 Å². The van der Waals surface area contributed by atoms with Crippen LogP contribution in [0.5, 0.6) is 0 Å². The van der Waals surface area contributed by atoms with E-state index in [2.05, 4.69) is 46.1 Å². The Labute approximate surface area is 149 Å². The number of aromatic nitrogens is 1. The van der Waals surface area contributed by atoms with Crippen LogP contribution in [0.15, 0.2) is 54.9 Å². The molecule has 2 heterocycles. The number of benzene rings is 1. The minimum absolute atomic E-state index is 0.195. The van der Waals surface area contributed by atoms with Crippen LogP contribution in [0.25, 0.3) is 0 Å². The van der Waals surface area contributed by atoms with Gasteiger partial charge in [-0.05, 0) is 31.3 Å². The van der Waals surface area contributed by atoms with Crippen molar-refractivity contribution in [2.45, 2.75) is 12.6 Å². The normalized spacial score (nSPS) is 18.5. The van der Waals surface area contributed by atoms with Crippen LogP contribution in [-0.4, -0.2) is 65.9 Å². The lowest BCUT2D eigenvalue weighted by atomic mass is 10.0. The molecule has 1 aliphatic rings. The summed E-state index contributed by atoms with van der Waals surface area (Å²) in [5, 5.41) is 0. The molecule has 1 fully saturated rings. The Morgan fingerprint density at radius 2 is 2.00 bits per heavy atom. The quantitative estimate of drug-likeness (QED) is 0.836. The van der Waals surface area contributed by atoms with Gasteiger partial charge in [0.25, 0.3) is 0 Å². The van der Waals surface area contributed by atoms with E-state index < -0.39 is 0 Å². The summed E-state index contributed by atoms with van der Waals surface area (Å²) in [6.45, 7) is 3.60. The van der Waals surface area contributed by atoms with E-state index >= 15 is 0 Å². The fourth-order valence-corrected chi connectivity index (χ4v) is 3.33. The minimum Gasteiger partial charge on any atom is -0.338 e. The van der Waals surface area contributed by atoms with Crippen molar-refractivity contribution in [3.8, 4) is 0 Å². The molecular formula is C20H26N4O. The molecule has 1 aromatic carbocycles. The molecule has 5 nitrogen and oxygen atoms in total. The number of carbonyl (C=O) groups is 1. The SMILES string of the molecule is CN(CC(=O)N1CCN(C)C(c2ccccc2)C1)Cc1cccnc1. The number of likely N-dealkylation sites (N-methyl/N-ethyl adjacent to an activating group) is 2. The smallest absolute Gasteiger partial charge is 0.236 e. The van der Waals surface area contributed by atoms with Crippen molar-refractivity contribution in [1.29, 1.82) is 0 Å². The van der Waals surface area contributed by atoms with Crippen molar-refractivity contribution in [3.63, 3.8) is 0 Å². The standard InChI is InChI=1S/C20H26N4O/c1-22(14-17-7-6-10-21-13-17)16-20(25)24-12-11-23(2)19(15-24)18-8-4-3-5-9-18/h3-10,13,19H,11-12,14-16H2,1-2H3. The third-order valence-corrected chi connectivity index (χ3v) is 4.77. The topological polar surface area (TPSA) is 39.7 Å². The van der Waals surface area contributed by atoms with E-state index in [0.717, 1.165) is 31.7 Å². The summed E-state index contributed by atoms with van der Waals surface area (Å²) in [6, 6.07) is 14.7. The summed E-state index contributed by atoms with van der Waals surface area (Å²) < 4.78 is 0. The summed E-state index contributed by atoms with van der Waals surface area (Å²) in [4.78, 5) is 23.2. The summed E-state index contributed by atoms with van der Waals surface area (Å²) in [5.41, 5.74) is 2.39. The van der Waals surface area contributed by atoms with Crippen molar-refractivity contribution >= 4 is 5.91 Å². The van der Waals surface area contributed by atoms with Gasteiger partial charge in [-0.2, -0.15) is 0 Å². The molecular weight excluding hydrogens is 312 g/mol. The van der Waals surface area contributed by atoms with E-state index in [1.807, 2.05) is 36.3 Å². The summed E-state index contributed by atoms with van der Waals surface area (Å²) >= 11 is 0. The highest BCUT2D eigenvalue weighted by molar-refractivity contribution is 5.78. The first-order valence-corrected chi connectivity index (χ1v) is 8.74. The third-order valence-electron chi connectivity index (χ3n) is 4.77. The van der Waals surface area contributed by atoms with Gasteiger partial charge in [0, 0.05) is 38.6 Å². The van der Waals surface area contributed by atoms with Gasteiger partial charge in [0.2, 0.25) is 5.91 Å². The molecule has 25 heavy (non-hydrogen) atoms. The van der Waals surface area contributed by atoms with Gasteiger partial charge in [-0.25, -0.2) is 0 Å². The monoisotopic (exact) mass is 338 g/mol. The molecule has 1 aromatic heterocycles. The van der Waals surface area contributed by atoms with Gasteiger partial charge >= 0.3 is 0 Å². The summed E-state index contributed by atoms with van der Waals surface area (Å²) in [5.74, 6) is 0.195. The van der Waals surface area contributed by atoms with Crippen molar-refractivity contribution in [2.24, 2.45) is 0 Å². The highest BCUT2D eigenvalue weighted by atomic mass is 16.2. The van der Waals surface area contributed by atoms with Crippen molar-refractivity contribution < 1.29 is 4.79 Å². The molecule has 1 unspecified atom stereocenters. The maximum Gasteiger partial charge on any atom is 0.236 e. The molecule has 1 amide bonds. The Kier molecular flexibility index (Phi) is 5.79. The van der Waals surface area contributed by atoms with E-state index in [1.165, 1.54) is 5.56 Å². The van der Waals surface area contributed by atoms with Gasteiger partial charge in [-0.1, -0.05) is 36.4 Å². The number of amides is 1. The van der Waals surface area contributed by atoms with Crippen LogP contribution in [-0.2, 0) is 11.3 Å². The second-order valence-electron chi connectivity index (χ2n) is 6.78. The summed E-state index contributed by atoms with van der Waals surface area (Å²) in [6.07, 6.45) is 3.62. The largest absolute Gasteiger partial charge is 0.338 e. The van der Waals surface area contributed by atoms with E-state index in [4.69, 9.17) is 0 Å². The molecule has 0 spiro atoms. The molecule has 5 heteroatoms. The number of rotatable bonds is 5. The first-order valence-electron chi connectivity index (χ1n) is 8.74. The fourth-order valence-electron chi connectivity index (χ4n) is 3.33. The van der Waals surface area contributed by atoms with E-state index in [0.29, 0.717) is 6.54 Å². The van der Waals surface area contributed by atoms with Crippen LogP contribution >= 0.6 is 0 Å². The van der Waals surface area contributed by atoms with Crippen molar-refractivity contribution in [3.05, 3.63) is 66.0 Å². The highest BCUT2D eigenvalue weighted by Crippen LogP contribution is 2.23. The molecule has 0 radical (unpaired) electrons. The third kappa shape index (κ3) is 4.65. The van der Waals surface area contributed by atoms with Crippen LogP contribution in [0.1, 0.15) is 17.2 Å². The molecule has 1 aliphatic heterocycles. The summed E-state index contributed by atoms with van der Waals surface area (Å²) in [7, 11) is 4.11. The number of nitrogens with zero attached hydrogens (tertiary/aromatic N) is 4. The second kappa shape index (κ2) is 8.23. The molecule has 132 valence electrons. The second-order valence-corrected chi connectivity index (χ2v) is 6.78. The first-order chi connectivity index (χ1) is 12.1. The molecule has 0 N–H and O–H groups in total. The molecule has 1 atom stereocenters. The first kappa shape index (κ1) is 17.6. The maximum atomic E-state index is 12.7. The van der Waals surface area contributed by atoms with Gasteiger partial charge in [0.1, 0.15) is 0 Å². The lowest BCUT2D eigenvalue weighted by Crippen LogP contribution is -2.51. The number of hydrogen-bond donors (Lipinski definition) is 0. The van der Waals surface area contributed by atoms with Gasteiger partial charge in [0.05, 0.1) is 12.6 Å². The molecule has 0 aliphatic carbocycles. The van der Waals surface area contributed by atoms with E-state index in [9.17, 15) is 4.79 Å². The van der Waals surface area contributed by atoms with Crippen LogP contribution < -0.4 is 0 Å².